The van der Waals surface area contributed by atoms with Crippen LogP contribution in [-0.4, -0.2) is 26.9 Å². The molecule has 49 heavy (non-hydrogen) atoms. The Bertz CT molecular complexity index is 1910. The van der Waals surface area contributed by atoms with E-state index < -0.39 is 23.9 Å². The Labute approximate surface area is 280 Å². The molecule has 1 saturated carbocycles. The second kappa shape index (κ2) is 14.7. The van der Waals surface area contributed by atoms with Crippen LogP contribution in [0, 0.1) is 5.92 Å². The molecule has 12 heteroatoms. The average Bonchev–Trinajstić information content (AvgIpc) is 3.82. The van der Waals surface area contributed by atoms with Crippen molar-refractivity contribution in [2.75, 3.05) is 5.32 Å². The summed E-state index contributed by atoms with van der Waals surface area (Å²) < 4.78 is 47.9. The van der Waals surface area contributed by atoms with Crippen LogP contribution in [0.3, 0.4) is 0 Å². The van der Waals surface area contributed by atoms with Crippen LogP contribution in [0.4, 0.5) is 23.7 Å². The summed E-state index contributed by atoms with van der Waals surface area (Å²) in [5.74, 6) is 0.505. The SMILES string of the molecule is O=C(O)NCc1cccc(-n2nc(C(F)(F)F)cc2C(=O)Nc2cccc(CNC(c3ccc(OCc4ccccc4)cc3)C3CC3)c2)c1. The third-order valence-corrected chi connectivity index (χ3v) is 8.12. The third-order valence-electron chi connectivity index (χ3n) is 8.12. The zero-order chi connectivity index (χ0) is 34.4. The van der Waals surface area contributed by atoms with Gasteiger partial charge in [-0.2, -0.15) is 18.3 Å². The third kappa shape index (κ3) is 8.85. The molecule has 1 fully saturated rings. The summed E-state index contributed by atoms with van der Waals surface area (Å²) in [6.07, 6.45) is -3.80. The van der Waals surface area contributed by atoms with E-state index in [2.05, 4.69) is 33.2 Å². The highest BCUT2D eigenvalue weighted by atomic mass is 19.4. The molecule has 9 nitrogen and oxygen atoms in total. The molecule has 4 aromatic carbocycles. The van der Waals surface area contributed by atoms with Gasteiger partial charge in [-0.25, -0.2) is 9.48 Å². The van der Waals surface area contributed by atoms with Gasteiger partial charge in [-0.3, -0.25) is 4.79 Å². The van der Waals surface area contributed by atoms with Crippen molar-refractivity contribution in [2.45, 2.75) is 44.8 Å². The first-order valence-corrected chi connectivity index (χ1v) is 15.8. The molecule has 0 bridgehead atoms. The first-order valence-electron chi connectivity index (χ1n) is 15.8. The number of carbonyl (C=O) groups is 2. The molecule has 4 N–H and O–H groups in total. The van der Waals surface area contributed by atoms with Crippen molar-refractivity contribution in [3.63, 3.8) is 0 Å². The summed E-state index contributed by atoms with van der Waals surface area (Å²) in [6.45, 7) is 0.919. The minimum atomic E-state index is -4.79. The van der Waals surface area contributed by atoms with E-state index in [0.29, 0.717) is 36.4 Å². The molecule has 6 rings (SSSR count). The van der Waals surface area contributed by atoms with Crippen LogP contribution >= 0.6 is 0 Å². The van der Waals surface area contributed by atoms with Crippen molar-refractivity contribution in [1.82, 2.24) is 20.4 Å². The molecule has 2 amide bonds. The van der Waals surface area contributed by atoms with E-state index in [9.17, 15) is 22.8 Å². The Morgan fingerprint density at radius 1 is 0.857 bits per heavy atom. The number of rotatable bonds is 13. The van der Waals surface area contributed by atoms with E-state index >= 15 is 0 Å². The maximum atomic E-state index is 13.7. The molecule has 1 heterocycles. The number of benzene rings is 4. The standard InChI is InChI=1S/C37H34F3N5O4/c38-37(39,40)33-20-32(45(44-33)30-11-5-9-26(19-30)22-42-36(47)48)35(46)43-29-10-4-8-25(18-29)21-41-34(27-12-13-27)28-14-16-31(17-15-28)49-23-24-6-2-1-3-7-24/h1-11,14-20,27,34,41-42H,12-13,21-23H2,(H,43,46)(H,47,48). The average molecular weight is 670 g/mol. The number of alkyl halides is 3. The molecule has 0 aliphatic heterocycles. The summed E-state index contributed by atoms with van der Waals surface area (Å²) in [5.41, 5.74) is 2.63. The fourth-order valence-corrected chi connectivity index (χ4v) is 5.53. The first-order chi connectivity index (χ1) is 23.6. The van der Waals surface area contributed by atoms with Gasteiger partial charge in [0.1, 0.15) is 18.1 Å². The Hall–Kier alpha value is -5.62. The molecular weight excluding hydrogens is 635 g/mol. The number of nitrogens with one attached hydrogen (secondary N) is 3. The van der Waals surface area contributed by atoms with Crippen LogP contribution in [-0.2, 0) is 25.9 Å². The summed E-state index contributed by atoms with van der Waals surface area (Å²) in [6, 6.07) is 32.1. The Morgan fingerprint density at radius 3 is 2.24 bits per heavy atom. The summed E-state index contributed by atoms with van der Waals surface area (Å²) in [5, 5.41) is 21.2. The van der Waals surface area contributed by atoms with E-state index in [1.165, 1.54) is 12.1 Å². The van der Waals surface area contributed by atoms with Gasteiger partial charge >= 0.3 is 12.3 Å². The molecule has 5 aromatic rings. The van der Waals surface area contributed by atoms with Crippen LogP contribution in [0.1, 0.15) is 57.3 Å². The number of amides is 2. The number of nitrogens with zero attached hydrogens (tertiary/aromatic N) is 2. The Balaban J connectivity index is 1.13. The topological polar surface area (TPSA) is 118 Å². The number of carboxylic acid groups (broad SMARTS) is 1. The summed E-state index contributed by atoms with van der Waals surface area (Å²) in [7, 11) is 0. The Morgan fingerprint density at radius 2 is 1.55 bits per heavy atom. The second-order valence-electron chi connectivity index (χ2n) is 11.8. The molecule has 1 aliphatic carbocycles. The van der Waals surface area contributed by atoms with Crippen molar-refractivity contribution >= 4 is 17.7 Å². The van der Waals surface area contributed by atoms with Gasteiger partial charge < -0.3 is 25.8 Å². The molecule has 0 radical (unpaired) electrons. The predicted octanol–water partition coefficient (Wildman–Crippen LogP) is 7.73. The van der Waals surface area contributed by atoms with E-state index in [-0.39, 0.29) is 24.0 Å². The zero-order valence-corrected chi connectivity index (χ0v) is 26.3. The lowest BCUT2D eigenvalue weighted by molar-refractivity contribution is -0.141. The highest BCUT2D eigenvalue weighted by molar-refractivity contribution is 6.03. The number of anilines is 1. The lowest BCUT2D eigenvalue weighted by Crippen LogP contribution is -2.23. The van der Waals surface area contributed by atoms with Crippen LogP contribution in [0.2, 0.25) is 0 Å². The van der Waals surface area contributed by atoms with Crippen molar-refractivity contribution < 1.29 is 32.6 Å². The van der Waals surface area contributed by atoms with Crippen LogP contribution < -0.4 is 20.7 Å². The van der Waals surface area contributed by atoms with Crippen LogP contribution in [0.25, 0.3) is 5.69 Å². The fraction of sp³-hybridized carbons (Fsp3) is 0.216. The minimum Gasteiger partial charge on any atom is -0.489 e. The van der Waals surface area contributed by atoms with Gasteiger partial charge in [0.25, 0.3) is 5.91 Å². The van der Waals surface area contributed by atoms with E-state index in [4.69, 9.17) is 9.84 Å². The highest BCUT2D eigenvalue weighted by Crippen LogP contribution is 2.41. The Kier molecular flexibility index (Phi) is 9.95. The van der Waals surface area contributed by atoms with Crippen LogP contribution in [0.15, 0.2) is 109 Å². The van der Waals surface area contributed by atoms with E-state index in [0.717, 1.165) is 40.0 Å². The van der Waals surface area contributed by atoms with Crippen molar-refractivity contribution in [3.05, 3.63) is 143 Å². The number of hydrogen-bond donors (Lipinski definition) is 4. The lowest BCUT2D eigenvalue weighted by atomic mass is 10.0. The van der Waals surface area contributed by atoms with Crippen LogP contribution in [0.5, 0.6) is 5.75 Å². The second-order valence-corrected chi connectivity index (χ2v) is 11.8. The van der Waals surface area contributed by atoms with Crippen molar-refractivity contribution in [1.29, 1.82) is 0 Å². The maximum Gasteiger partial charge on any atom is 0.435 e. The number of aromatic nitrogens is 2. The largest absolute Gasteiger partial charge is 0.489 e. The van der Waals surface area contributed by atoms with Gasteiger partial charge in [-0.1, -0.05) is 66.7 Å². The molecule has 0 saturated heterocycles. The molecular formula is C37H34F3N5O4. The predicted molar refractivity (Wildman–Crippen MR) is 177 cm³/mol. The molecule has 1 atom stereocenters. The molecule has 1 unspecified atom stereocenters. The van der Waals surface area contributed by atoms with Gasteiger partial charge in [-0.05, 0) is 77.4 Å². The number of carbonyl (C=O) groups excluding carboxylic acids is 1. The van der Waals surface area contributed by atoms with Gasteiger partial charge in [0, 0.05) is 30.9 Å². The normalized spacial score (nSPS) is 13.4. The highest BCUT2D eigenvalue weighted by Gasteiger charge is 2.36. The van der Waals surface area contributed by atoms with Gasteiger partial charge in [-0.15, -0.1) is 0 Å². The number of halogens is 3. The maximum absolute atomic E-state index is 13.7. The minimum absolute atomic E-state index is 0.0744. The van der Waals surface area contributed by atoms with Gasteiger partial charge in [0.05, 0.1) is 5.69 Å². The van der Waals surface area contributed by atoms with Crippen molar-refractivity contribution in [2.24, 2.45) is 5.92 Å². The van der Waals surface area contributed by atoms with Crippen molar-refractivity contribution in [3.8, 4) is 11.4 Å². The first kappa shape index (κ1) is 33.3. The fourth-order valence-electron chi connectivity index (χ4n) is 5.53. The molecule has 252 valence electrons. The molecule has 1 aromatic heterocycles. The van der Waals surface area contributed by atoms with E-state index in [1.54, 1.807) is 30.3 Å². The number of hydrogen-bond acceptors (Lipinski definition) is 5. The molecule has 1 aliphatic rings. The lowest BCUT2D eigenvalue weighted by Gasteiger charge is -2.20. The summed E-state index contributed by atoms with van der Waals surface area (Å²) >= 11 is 0. The summed E-state index contributed by atoms with van der Waals surface area (Å²) in [4.78, 5) is 24.3. The monoisotopic (exact) mass is 669 g/mol. The van der Waals surface area contributed by atoms with Gasteiger partial charge in [0.2, 0.25) is 0 Å². The quantitative estimate of drug-likeness (QED) is 0.102. The zero-order valence-electron chi connectivity index (χ0n) is 26.3. The van der Waals surface area contributed by atoms with Gasteiger partial charge in [0.15, 0.2) is 5.69 Å². The smallest absolute Gasteiger partial charge is 0.435 e. The molecule has 0 spiro atoms. The van der Waals surface area contributed by atoms with E-state index in [1.807, 2.05) is 48.5 Å². The number of ether oxygens (including phenoxy) is 1.